The van der Waals surface area contributed by atoms with Gasteiger partial charge in [-0.25, -0.2) is 0 Å². The number of fused-ring (bicyclic) bond motifs is 1. The molecule has 2 aliphatic carbocycles. The van der Waals surface area contributed by atoms with Gasteiger partial charge in [0.15, 0.2) is 0 Å². The fraction of sp³-hybridized carbons (Fsp3) is 0.750. The molecule has 10 heteroatoms. The van der Waals surface area contributed by atoms with Gasteiger partial charge in [0.2, 0.25) is 0 Å². The third-order valence-corrected chi connectivity index (χ3v) is 8.24. The average molecular weight is 541 g/mol. The van der Waals surface area contributed by atoms with Gasteiger partial charge in [-0.1, -0.05) is 19.6 Å². The number of carbonyl (C=O) groups excluding carboxylic acids is 2. The first kappa shape index (κ1) is 31.9. The van der Waals surface area contributed by atoms with E-state index < -0.39 is 65.7 Å². The number of hydrogen-bond acceptors (Lipinski definition) is 9. The average Bonchev–Trinajstić information content (AvgIpc) is 3.09. The maximum absolute atomic E-state index is 12.3. The highest BCUT2D eigenvalue weighted by molar-refractivity contribution is 5.74. The Labute approximate surface area is 224 Å². The van der Waals surface area contributed by atoms with Crippen molar-refractivity contribution in [1.82, 2.24) is 0 Å². The first-order valence-corrected chi connectivity index (χ1v) is 13.1. The number of aliphatic hydroxyl groups excluding tert-OH is 3. The molecule has 0 aromatic carbocycles. The Bertz CT molecular complexity index is 936. The Morgan fingerprint density at radius 3 is 2.32 bits per heavy atom. The summed E-state index contributed by atoms with van der Waals surface area (Å²) in [5.41, 5.74) is -2.57. The fourth-order valence-electron chi connectivity index (χ4n) is 6.05. The van der Waals surface area contributed by atoms with Crippen LogP contribution in [-0.2, 0) is 23.9 Å². The lowest BCUT2D eigenvalue weighted by molar-refractivity contribution is -0.162. The molecule has 7 atom stereocenters. The molecule has 0 radical (unpaired) electrons. The highest BCUT2D eigenvalue weighted by Crippen LogP contribution is 2.56. The van der Waals surface area contributed by atoms with Crippen LogP contribution in [0, 0.1) is 17.3 Å². The Morgan fingerprint density at radius 1 is 1.11 bits per heavy atom. The van der Waals surface area contributed by atoms with Gasteiger partial charge >= 0.3 is 17.9 Å². The van der Waals surface area contributed by atoms with Crippen LogP contribution < -0.4 is 0 Å². The van der Waals surface area contributed by atoms with E-state index >= 15 is 0 Å². The topological polar surface area (TPSA) is 171 Å². The monoisotopic (exact) mass is 540 g/mol. The summed E-state index contributed by atoms with van der Waals surface area (Å²) < 4.78 is 10.9. The molecule has 2 aliphatic rings. The summed E-state index contributed by atoms with van der Waals surface area (Å²) in [6, 6.07) is 0. The van der Waals surface area contributed by atoms with E-state index in [-0.39, 0.29) is 43.3 Å². The summed E-state index contributed by atoms with van der Waals surface area (Å²) in [5.74, 6) is -2.95. The van der Waals surface area contributed by atoms with Crippen LogP contribution in [0.2, 0.25) is 0 Å². The number of carbonyl (C=O) groups is 3. The van der Waals surface area contributed by atoms with E-state index in [1.54, 1.807) is 6.08 Å². The van der Waals surface area contributed by atoms with Crippen molar-refractivity contribution in [1.29, 1.82) is 0 Å². The molecule has 0 aliphatic heterocycles. The maximum atomic E-state index is 12.3. The standard InChI is InChI=1S/C28H44O10/c1-16-21(30)8-7-18(15-37-25(35)14-27(5,36)13-24(33)34)11-23(32)28(6)10-9-19(20(28)12-22(16)31)26(3,4)38-17(2)29/h11,19-23,30-32,36H,1,7-10,12-15H2,2-6H3,(H,33,34)/b18-11+/t19-,20+,21+,22-,23+,27-,28+/m1/s1. The van der Waals surface area contributed by atoms with Crippen molar-refractivity contribution in [3.63, 3.8) is 0 Å². The van der Waals surface area contributed by atoms with Crippen molar-refractivity contribution in [2.45, 2.75) is 109 Å². The zero-order valence-electron chi connectivity index (χ0n) is 23.1. The van der Waals surface area contributed by atoms with Gasteiger partial charge in [-0.15, -0.1) is 0 Å². The van der Waals surface area contributed by atoms with Gasteiger partial charge in [0, 0.05) is 18.3 Å². The first-order chi connectivity index (χ1) is 17.4. The van der Waals surface area contributed by atoms with Crippen LogP contribution in [0.15, 0.2) is 23.8 Å². The predicted molar refractivity (Wildman–Crippen MR) is 138 cm³/mol. The minimum absolute atomic E-state index is 0.173. The second-order valence-corrected chi connectivity index (χ2v) is 12.0. The molecule has 0 aromatic rings. The summed E-state index contributed by atoms with van der Waals surface area (Å²) in [4.78, 5) is 35.0. The van der Waals surface area contributed by atoms with E-state index in [2.05, 4.69) is 6.58 Å². The first-order valence-electron chi connectivity index (χ1n) is 13.1. The van der Waals surface area contributed by atoms with Crippen molar-refractivity contribution >= 4 is 17.9 Å². The van der Waals surface area contributed by atoms with Crippen molar-refractivity contribution in [2.75, 3.05) is 6.61 Å². The van der Waals surface area contributed by atoms with Crippen LogP contribution in [0.4, 0.5) is 0 Å². The highest BCUT2D eigenvalue weighted by atomic mass is 16.6. The van der Waals surface area contributed by atoms with Crippen molar-refractivity contribution < 1.29 is 49.4 Å². The SMILES string of the molecule is C=C1[C@H](O)C[C@H]2[C@H](C(C)(C)OC(C)=O)CC[C@]2(C)[C@@H](O)/C=C(/COC(=O)C[C@](C)(O)CC(=O)O)CC[C@@H]1O. The smallest absolute Gasteiger partial charge is 0.309 e. The number of hydrogen-bond donors (Lipinski definition) is 5. The van der Waals surface area contributed by atoms with Gasteiger partial charge in [0.25, 0.3) is 0 Å². The van der Waals surface area contributed by atoms with E-state index in [9.17, 15) is 34.8 Å². The van der Waals surface area contributed by atoms with Crippen molar-refractivity contribution in [2.24, 2.45) is 17.3 Å². The van der Waals surface area contributed by atoms with Crippen molar-refractivity contribution in [3.8, 4) is 0 Å². The Morgan fingerprint density at radius 2 is 1.74 bits per heavy atom. The normalized spacial score (nSPS) is 33.7. The van der Waals surface area contributed by atoms with Gasteiger partial charge in [-0.3, -0.25) is 14.4 Å². The van der Waals surface area contributed by atoms with E-state index in [1.807, 2.05) is 20.8 Å². The van der Waals surface area contributed by atoms with E-state index in [4.69, 9.17) is 14.6 Å². The zero-order valence-corrected chi connectivity index (χ0v) is 23.1. The number of esters is 2. The lowest BCUT2D eigenvalue weighted by atomic mass is 9.67. The highest BCUT2D eigenvalue weighted by Gasteiger charge is 2.54. The molecule has 5 N–H and O–H groups in total. The maximum Gasteiger partial charge on any atom is 0.309 e. The molecule has 1 fully saturated rings. The molecule has 0 saturated heterocycles. The lowest BCUT2D eigenvalue weighted by Gasteiger charge is -2.43. The number of ether oxygens (including phenoxy) is 2. The molecule has 0 spiro atoms. The summed E-state index contributed by atoms with van der Waals surface area (Å²) in [7, 11) is 0. The van der Waals surface area contributed by atoms with E-state index in [0.717, 1.165) is 0 Å². The molecule has 38 heavy (non-hydrogen) atoms. The molecular weight excluding hydrogens is 496 g/mol. The van der Waals surface area contributed by atoms with Gasteiger partial charge in [0.1, 0.15) is 12.2 Å². The number of carboxylic acid groups (broad SMARTS) is 1. The van der Waals surface area contributed by atoms with Crippen LogP contribution in [0.25, 0.3) is 0 Å². The Kier molecular flexibility index (Phi) is 10.3. The minimum Gasteiger partial charge on any atom is -0.481 e. The van der Waals surface area contributed by atoms with Crippen LogP contribution in [-0.4, -0.2) is 79.6 Å². The third-order valence-electron chi connectivity index (χ3n) is 8.24. The fourth-order valence-corrected chi connectivity index (χ4v) is 6.05. The molecule has 0 aromatic heterocycles. The molecular formula is C28H44O10. The molecule has 0 unspecified atom stereocenters. The minimum atomic E-state index is -1.77. The van der Waals surface area contributed by atoms with Crippen LogP contribution in [0.1, 0.15) is 79.6 Å². The summed E-state index contributed by atoms with van der Waals surface area (Å²) in [6.45, 7) is 11.8. The number of aliphatic hydroxyl groups is 4. The largest absolute Gasteiger partial charge is 0.481 e. The van der Waals surface area contributed by atoms with Crippen LogP contribution in [0.5, 0.6) is 0 Å². The van der Waals surface area contributed by atoms with Crippen LogP contribution >= 0.6 is 0 Å². The van der Waals surface area contributed by atoms with Gasteiger partial charge in [0.05, 0.1) is 36.8 Å². The number of aliphatic carboxylic acids is 1. The summed E-state index contributed by atoms with van der Waals surface area (Å²) >= 11 is 0. The van der Waals surface area contributed by atoms with Gasteiger partial charge in [-0.2, -0.15) is 0 Å². The Hall–Kier alpha value is -2.27. The molecule has 2 rings (SSSR count). The zero-order chi connectivity index (χ0) is 29.1. The Balaban J connectivity index is 2.34. The summed E-state index contributed by atoms with van der Waals surface area (Å²) in [5, 5.41) is 52.2. The molecule has 0 bridgehead atoms. The molecule has 10 nitrogen and oxygen atoms in total. The molecule has 0 heterocycles. The van der Waals surface area contributed by atoms with E-state index in [0.29, 0.717) is 18.4 Å². The third kappa shape index (κ3) is 8.11. The van der Waals surface area contributed by atoms with Gasteiger partial charge < -0.3 is 35.0 Å². The van der Waals surface area contributed by atoms with Crippen molar-refractivity contribution in [3.05, 3.63) is 23.8 Å². The molecule has 216 valence electrons. The predicted octanol–water partition coefficient (Wildman–Crippen LogP) is 2.27. The molecule has 0 amide bonds. The summed E-state index contributed by atoms with van der Waals surface area (Å²) in [6.07, 6.45) is -0.746. The lowest BCUT2D eigenvalue weighted by Crippen LogP contribution is -2.45. The molecule has 1 saturated carbocycles. The van der Waals surface area contributed by atoms with E-state index in [1.165, 1.54) is 13.8 Å². The van der Waals surface area contributed by atoms with Crippen LogP contribution in [0.3, 0.4) is 0 Å². The second-order valence-electron chi connectivity index (χ2n) is 12.0. The number of rotatable bonds is 8. The van der Waals surface area contributed by atoms with Gasteiger partial charge in [-0.05, 0) is 69.9 Å². The number of carboxylic acids is 1. The quantitative estimate of drug-likeness (QED) is 0.227. The second kappa shape index (κ2) is 12.3.